The van der Waals surface area contributed by atoms with Gasteiger partial charge in [0.05, 0.1) is 0 Å². The van der Waals surface area contributed by atoms with Crippen LogP contribution in [0.25, 0.3) is 0 Å². The van der Waals surface area contributed by atoms with E-state index in [0.717, 1.165) is 41.9 Å². The molecule has 0 radical (unpaired) electrons. The minimum Gasteiger partial charge on any atom is -0.355 e. The minimum absolute atomic E-state index is 0.334. The Bertz CT molecular complexity index is 217. The summed E-state index contributed by atoms with van der Waals surface area (Å²) >= 11 is -0.334. The molecule has 4 heteroatoms. The van der Waals surface area contributed by atoms with E-state index < -0.39 is 0 Å². The van der Waals surface area contributed by atoms with Gasteiger partial charge in [-0.25, -0.2) is 0 Å². The molecule has 0 aromatic heterocycles. The summed E-state index contributed by atoms with van der Waals surface area (Å²) in [6, 6.07) is 0. The first-order chi connectivity index (χ1) is 10.1. The monoisotopic (exact) mass is 330 g/mol. The second kappa shape index (κ2) is 15.9. The van der Waals surface area contributed by atoms with Crippen molar-refractivity contribution in [3.05, 3.63) is 0 Å². The molecule has 0 bridgehead atoms. The van der Waals surface area contributed by atoms with Gasteiger partial charge in [0.1, 0.15) is 6.79 Å². The molecule has 0 saturated heterocycles. The van der Waals surface area contributed by atoms with Crippen LogP contribution >= 0.6 is 9.07 Å². The largest absolute Gasteiger partial charge is 0.504 e. The van der Waals surface area contributed by atoms with Gasteiger partial charge in [0, 0.05) is 13.2 Å². The number of rotatable bonds is 15. The van der Waals surface area contributed by atoms with Crippen LogP contribution in [-0.4, -0.2) is 39.3 Å². The predicted molar refractivity (Wildman–Crippen MR) is 94.1 cm³/mol. The predicted octanol–water partition coefficient (Wildman–Crippen LogP) is 5.67. The summed E-state index contributed by atoms with van der Waals surface area (Å²) in [6.45, 7) is 11.4. The summed E-state index contributed by atoms with van der Waals surface area (Å²) in [5.41, 5.74) is 0. The molecule has 3 atom stereocenters. The van der Waals surface area contributed by atoms with E-state index >= 15 is 0 Å². The maximum Gasteiger partial charge on any atom is 0.504 e. The van der Waals surface area contributed by atoms with Crippen molar-refractivity contribution in [2.24, 2.45) is 11.8 Å². The molecule has 21 heavy (non-hydrogen) atoms. The van der Waals surface area contributed by atoms with Gasteiger partial charge in [0.2, 0.25) is 0 Å². The van der Waals surface area contributed by atoms with Crippen molar-refractivity contribution in [3.8, 4) is 0 Å². The lowest BCUT2D eigenvalue weighted by molar-refractivity contribution is -0.0560. The maximum absolute atomic E-state index is 6.02. The fraction of sp³-hybridized carbons (Fsp3) is 1.00. The second-order valence-corrected chi connectivity index (χ2v) is 9.35. The number of ether oxygens (including phenoxy) is 2. The molecule has 0 rings (SSSR count). The molecule has 0 fully saturated rings. The van der Waals surface area contributed by atoms with Gasteiger partial charge >= 0.3 is 19.3 Å². The lowest BCUT2D eigenvalue weighted by Crippen LogP contribution is -2.08. The van der Waals surface area contributed by atoms with Gasteiger partial charge in [-0.15, -0.1) is 4.05 Å². The summed E-state index contributed by atoms with van der Waals surface area (Å²) in [6.07, 6.45) is 8.68. The van der Waals surface area contributed by atoms with Crippen LogP contribution in [0.15, 0.2) is 0 Å². The molecule has 0 N–H and O–H groups in total. The van der Waals surface area contributed by atoms with Gasteiger partial charge in [-0.3, -0.25) is 0 Å². The molecule has 0 aliphatic carbocycles. The molecular weight excluding hydrogens is 296 g/mol. The molecule has 3 unspecified atom stereocenters. The highest BCUT2D eigenvalue weighted by Crippen LogP contribution is 2.24. The van der Waals surface area contributed by atoms with Crippen LogP contribution in [0.1, 0.15) is 72.6 Å². The van der Waals surface area contributed by atoms with Crippen molar-refractivity contribution >= 4 is 28.3 Å². The Hall–Kier alpha value is 0.976. The zero-order valence-corrected chi connectivity index (χ0v) is 16.9. The fourth-order valence-corrected chi connectivity index (χ4v) is 3.89. The normalized spacial score (nSPS) is 15.5. The van der Waals surface area contributed by atoms with Gasteiger partial charge in [-0.05, 0) is 37.5 Å². The summed E-state index contributed by atoms with van der Waals surface area (Å²) in [5, 5.41) is 0. The van der Waals surface area contributed by atoms with E-state index in [1.807, 2.05) is 0 Å². The Morgan fingerprint density at radius 3 is 2.19 bits per heavy atom. The first kappa shape index (κ1) is 22.0. The molecular formula is C17H35ClMgO2. The quantitative estimate of drug-likeness (QED) is 0.219. The standard InChI is InChI=1S/C17H35O2.ClH.Mg/c1-5-7-8-12-18-15-19-13-9-11-17(4)14-16(3)10-6-2;;/h6,16-17H,5,7-15H2,1-4H3;1H;/q;;+1/p-1. The number of hydrogen-bond acceptors (Lipinski definition) is 2. The highest BCUT2D eigenvalue weighted by atomic mass is 35.5. The summed E-state index contributed by atoms with van der Waals surface area (Å²) in [5.74, 6) is 1.60. The van der Waals surface area contributed by atoms with Crippen LogP contribution < -0.4 is 0 Å². The first-order valence-electron chi connectivity index (χ1n) is 8.81. The van der Waals surface area contributed by atoms with Gasteiger partial charge in [-0.1, -0.05) is 47.0 Å². The van der Waals surface area contributed by atoms with Gasteiger partial charge < -0.3 is 18.5 Å². The van der Waals surface area contributed by atoms with Crippen LogP contribution in [0.3, 0.4) is 0 Å². The lowest BCUT2D eigenvalue weighted by Gasteiger charge is -2.19. The topological polar surface area (TPSA) is 18.5 Å². The minimum atomic E-state index is -0.334. The van der Waals surface area contributed by atoms with Crippen molar-refractivity contribution in [1.29, 1.82) is 0 Å². The average molecular weight is 331 g/mol. The maximum atomic E-state index is 6.02. The summed E-state index contributed by atoms with van der Waals surface area (Å²) in [4.78, 5) is 0. The third kappa shape index (κ3) is 15.6. The number of unbranched alkanes of at least 4 members (excludes halogenated alkanes) is 2. The molecule has 124 valence electrons. The van der Waals surface area contributed by atoms with E-state index in [2.05, 4.69) is 27.7 Å². The molecule has 0 aromatic carbocycles. The van der Waals surface area contributed by atoms with Crippen LogP contribution in [0.5, 0.6) is 0 Å². The zero-order valence-electron chi connectivity index (χ0n) is 14.7. The van der Waals surface area contributed by atoms with Crippen LogP contribution in [0.2, 0.25) is 4.05 Å². The zero-order chi connectivity index (χ0) is 15.9. The van der Waals surface area contributed by atoms with Crippen LogP contribution in [0.4, 0.5) is 0 Å². The van der Waals surface area contributed by atoms with E-state index in [0.29, 0.717) is 6.79 Å². The Labute approximate surface area is 146 Å². The van der Waals surface area contributed by atoms with Crippen LogP contribution in [0, 0.1) is 11.8 Å². The molecule has 0 amide bonds. The molecule has 0 saturated carbocycles. The molecule has 0 aromatic rings. The first-order valence-corrected chi connectivity index (χ1v) is 11.8. The average Bonchev–Trinajstić information content (AvgIpc) is 2.45. The molecule has 0 heterocycles. The van der Waals surface area contributed by atoms with Crippen molar-refractivity contribution in [2.75, 3.05) is 20.0 Å². The molecule has 0 aliphatic heterocycles. The van der Waals surface area contributed by atoms with Gasteiger partial charge in [-0.2, -0.15) is 0 Å². The van der Waals surface area contributed by atoms with Gasteiger partial charge in [0.25, 0.3) is 0 Å². The van der Waals surface area contributed by atoms with E-state index in [9.17, 15) is 0 Å². The van der Waals surface area contributed by atoms with Crippen molar-refractivity contribution in [1.82, 2.24) is 0 Å². The Kier molecular flexibility index (Phi) is 16.6. The molecule has 0 aliphatic rings. The smallest absolute Gasteiger partial charge is 0.355 e. The summed E-state index contributed by atoms with van der Waals surface area (Å²) < 4.78 is 11.7. The summed E-state index contributed by atoms with van der Waals surface area (Å²) in [7, 11) is 6.02. The van der Waals surface area contributed by atoms with Crippen molar-refractivity contribution < 1.29 is 9.47 Å². The Morgan fingerprint density at radius 1 is 0.905 bits per heavy atom. The third-order valence-corrected chi connectivity index (χ3v) is 6.36. The Balaban J connectivity index is 3.35. The number of hydrogen-bond donors (Lipinski definition) is 0. The number of halogens is 1. The van der Waals surface area contributed by atoms with Gasteiger partial charge in [0.15, 0.2) is 0 Å². The highest BCUT2D eigenvalue weighted by molar-refractivity contribution is 6.94. The van der Waals surface area contributed by atoms with Crippen molar-refractivity contribution in [3.63, 3.8) is 0 Å². The van der Waals surface area contributed by atoms with E-state index in [1.54, 1.807) is 0 Å². The molecule has 0 spiro atoms. The molecule has 2 nitrogen and oxygen atoms in total. The van der Waals surface area contributed by atoms with Crippen molar-refractivity contribution in [2.45, 2.75) is 76.7 Å². The third-order valence-electron chi connectivity index (χ3n) is 3.92. The van der Waals surface area contributed by atoms with E-state index in [4.69, 9.17) is 18.5 Å². The second-order valence-electron chi connectivity index (χ2n) is 6.72. The lowest BCUT2D eigenvalue weighted by atomic mass is 9.91. The SMILES string of the molecule is CCCCCOCOCCCC(C)CC(C)C[CH](C)[Mg][Cl]. The Morgan fingerprint density at radius 2 is 1.57 bits per heavy atom. The fourth-order valence-electron chi connectivity index (χ4n) is 2.82. The van der Waals surface area contributed by atoms with Crippen LogP contribution in [-0.2, 0) is 9.47 Å². The highest BCUT2D eigenvalue weighted by Gasteiger charge is 2.13. The van der Waals surface area contributed by atoms with E-state index in [-0.39, 0.29) is 19.3 Å². The van der Waals surface area contributed by atoms with E-state index in [1.165, 1.54) is 32.1 Å².